The van der Waals surface area contributed by atoms with Crippen molar-refractivity contribution in [3.8, 4) is 84.4 Å². The topological polar surface area (TPSA) is 52.3 Å². The lowest BCUT2D eigenvalue weighted by atomic mass is 9.79. The molecular formula is C49H33FN4O. The number of fused-ring (bicyclic) bond motifs is 3. The molecule has 0 radical (unpaired) electrons. The maximum atomic E-state index is 14.2. The van der Waals surface area contributed by atoms with E-state index in [4.69, 9.17) is 26.3 Å². The molecule has 7 aromatic carbocycles. The van der Waals surface area contributed by atoms with Crippen molar-refractivity contribution >= 4 is 5.69 Å². The van der Waals surface area contributed by atoms with Crippen molar-refractivity contribution < 1.29 is 9.13 Å². The molecule has 0 aliphatic carbocycles. The zero-order chi connectivity index (χ0) is 37.5. The molecule has 0 saturated heterocycles. The van der Waals surface area contributed by atoms with Crippen LogP contribution in [0, 0.1) is 12.4 Å². The monoisotopic (exact) mass is 712 g/mol. The molecule has 0 atom stereocenters. The van der Waals surface area contributed by atoms with E-state index in [0.29, 0.717) is 23.2 Å². The standard InChI is InChI=1S/C49H33FN4O/c1-49(2)45-41(40-12-7-8-15-44(40)55-49)13-9-14-42(45)43-30-36(24-29-39(43)33-20-25-37(50)26-21-33)48-53-46(34-10-5-4-6-11-34)52-47(54-48)35-18-16-31(17-19-35)32-22-27-38(51-3)28-23-32/h4-30H,1-2H3. The lowest BCUT2D eigenvalue weighted by Gasteiger charge is -2.37. The second kappa shape index (κ2) is 13.6. The number of ether oxygens (including phenoxy) is 1. The Morgan fingerprint density at radius 3 is 1.65 bits per heavy atom. The van der Waals surface area contributed by atoms with Crippen molar-refractivity contribution in [2.75, 3.05) is 0 Å². The van der Waals surface area contributed by atoms with Gasteiger partial charge in [-0.2, -0.15) is 0 Å². The third kappa shape index (κ3) is 6.32. The lowest BCUT2D eigenvalue weighted by molar-refractivity contribution is 0.106. The molecule has 0 fully saturated rings. The summed E-state index contributed by atoms with van der Waals surface area (Å²) in [4.78, 5) is 18.6. The van der Waals surface area contributed by atoms with Crippen molar-refractivity contribution in [1.82, 2.24) is 15.0 Å². The van der Waals surface area contributed by atoms with Crippen LogP contribution in [0.15, 0.2) is 164 Å². The number of hydrogen-bond donors (Lipinski definition) is 0. The predicted molar refractivity (Wildman–Crippen MR) is 218 cm³/mol. The maximum absolute atomic E-state index is 14.2. The first-order valence-electron chi connectivity index (χ1n) is 18.1. The molecule has 1 aliphatic heterocycles. The largest absolute Gasteiger partial charge is 0.482 e. The Bertz CT molecular complexity index is 2750. The third-order valence-corrected chi connectivity index (χ3v) is 10.1. The Morgan fingerprint density at radius 2 is 0.982 bits per heavy atom. The van der Waals surface area contributed by atoms with Crippen molar-refractivity contribution in [1.29, 1.82) is 0 Å². The lowest BCUT2D eigenvalue weighted by Crippen LogP contribution is -2.30. The van der Waals surface area contributed by atoms with E-state index in [0.717, 1.165) is 72.5 Å². The molecule has 0 unspecified atom stereocenters. The minimum absolute atomic E-state index is 0.289. The Kier molecular flexibility index (Phi) is 8.33. The van der Waals surface area contributed by atoms with Gasteiger partial charge < -0.3 is 4.74 Å². The number of nitrogens with zero attached hydrogens (tertiary/aromatic N) is 4. The van der Waals surface area contributed by atoms with E-state index < -0.39 is 5.60 Å². The van der Waals surface area contributed by atoms with Gasteiger partial charge in [-0.15, -0.1) is 0 Å². The number of aromatic nitrogens is 3. The van der Waals surface area contributed by atoms with E-state index in [1.807, 2.05) is 115 Å². The molecular weight excluding hydrogens is 680 g/mol. The SMILES string of the molecule is [C-]#[N+]c1ccc(-c2ccc(-c3nc(-c4ccccc4)nc(-c4ccc(-c5ccc(F)cc5)c(-c5cccc6c5C(C)(C)Oc5ccccc5-6)c4)n3)cc2)cc1. The van der Waals surface area contributed by atoms with Gasteiger partial charge in [0.1, 0.15) is 17.2 Å². The van der Waals surface area contributed by atoms with Gasteiger partial charge in [0.25, 0.3) is 0 Å². The highest BCUT2D eigenvalue weighted by molar-refractivity contribution is 5.92. The summed E-state index contributed by atoms with van der Waals surface area (Å²) in [6, 6.07) is 53.0. The van der Waals surface area contributed by atoms with Crippen LogP contribution in [0.2, 0.25) is 0 Å². The van der Waals surface area contributed by atoms with Gasteiger partial charge in [-0.05, 0) is 77.1 Å². The summed E-state index contributed by atoms with van der Waals surface area (Å²) in [5, 5.41) is 0. The molecule has 5 nitrogen and oxygen atoms in total. The normalized spacial score (nSPS) is 12.5. The number of benzene rings is 7. The van der Waals surface area contributed by atoms with Crippen LogP contribution >= 0.6 is 0 Å². The number of para-hydroxylation sites is 1. The molecule has 0 N–H and O–H groups in total. The quantitative estimate of drug-likeness (QED) is 0.161. The van der Waals surface area contributed by atoms with Gasteiger partial charge in [0.2, 0.25) is 0 Å². The van der Waals surface area contributed by atoms with Gasteiger partial charge in [0, 0.05) is 27.8 Å². The predicted octanol–water partition coefficient (Wildman–Crippen LogP) is 12.9. The first-order valence-corrected chi connectivity index (χ1v) is 18.1. The van der Waals surface area contributed by atoms with Crippen molar-refractivity contribution in [3.05, 3.63) is 187 Å². The summed E-state index contributed by atoms with van der Waals surface area (Å²) in [5.41, 5.74) is 11.6. The molecule has 0 bridgehead atoms. The second-order valence-corrected chi connectivity index (χ2v) is 14.0. The van der Waals surface area contributed by atoms with E-state index in [-0.39, 0.29) is 5.82 Å². The van der Waals surface area contributed by atoms with Crippen molar-refractivity contribution in [2.24, 2.45) is 0 Å². The number of hydrogen-bond acceptors (Lipinski definition) is 4. The van der Waals surface area contributed by atoms with Gasteiger partial charge in [0.05, 0.1) is 6.57 Å². The van der Waals surface area contributed by atoms with Crippen LogP contribution in [-0.2, 0) is 5.60 Å². The fraction of sp³-hybridized carbons (Fsp3) is 0.0612. The van der Waals surface area contributed by atoms with Crippen LogP contribution in [0.5, 0.6) is 5.75 Å². The smallest absolute Gasteiger partial charge is 0.187 e. The molecule has 6 heteroatoms. The highest BCUT2D eigenvalue weighted by Gasteiger charge is 2.35. The molecule has 262 valence electrons. The summed E-state index contributed by atoms with van der Waals surface area (Å²) in [7, 11) is 0. The highest BCUT2D eigenvalue weighted by Crippen LogP contribution is 2.50. The molecule has 8 aromatic rings. The van der Waals surface area contributed by atoms with Gasteiger partial charge >= 0.3 is 0 Å². The van der Waals surface area contributed by atoms with Gasteiger partial charge in [-0.25, -0.2) is 24.2 Å². The summed E-state index contributed by atoms with van der Waals surface area (Å²) >= 11 is 0. The molecule has 0 amide bonds. The van der Waals surface area contributed by atoms with E-state index in [9.17, 15) is 4.39 Å². The summed E-state index contributed by atoms with van der Waals surface area (Å²) in [5.74, 6) is 2.20. The summed E-state index contributed by atoms with van der Waals surface area (Å²) < 4.78 is 20.9. The van der Waals surface area contributed by atoms with E-state index in [1.54, 1.807) is 0 Å². The third-order valence-electron chi connectivity index (χ3n) is 10.1. The number of rotatable bonds is 6. The fourth-order valence-electron chi connectivity index (χ4n) is 7.43. The minimum Gasteiger partial charge on any atom is -0.482 e. The Morgan fingerprint density at radius 1 is 0.473 bits per heavy atom. The molecule has 1 aromatic heterocycles. The van der Waals surface area contributed by atoms with Crippen LogP contribution in [0.4, 0.5) is 10.1 Å². The zero-order valence-corrected chi connectivity index (χ0v) is 30.2. The van der Waals surface area contributed by atoms with Crippen LogP contribution in [0.1, 0.15) is 19.4 Å². The van der Waals surface area contributed by atoms with E-state index in [1.165, 1.54) is 12.1 Å². The van der Waals surface area contributed by atoms with Crippen molar-refractivity contribution in [2.45, 2.75) is 19.4 Å². The Labute approximate surface area is 319 Å². The minimum atomic E-state index is -0.650. The summed E-state index contributed by atoms with van der Waals surface area (Å²) in [6.07, 6.45) is 0. The molecule has 0 saturated carbocycles. The fourth-order valence-corrected chi connectivity index (χ4v) is 7.43. The number of halogens is 1. The summed E-state index contributed by atoms with van der Waals surface area (Å²) in [6.45, 7) is 11.5. The van der Waals surface area contributed by atoms with Crippen LogP contribution < -0.4 is 4.74 Å². The Balaban J connectivity index is 1.22. The molecule has 2 heterocycles. The van der Waals surface area contributed by atoms with Crippen LogP contribution in [0.3, 0.4) is 0 Å². The molecule has 0 spiro atoms. The molecule has 55 heavy (non-hydrogen) atoms. The first kappa shape index (κ1) is 33.6. The van der Waals surface area contributed by atoms with Gasteiger partial charge in [-0.1, -0.05) is 140 Å². The maximum Gasteiger partial charge on any atom is 0.187 e. The molecule has 9 rings (SSSR count). The average Bonchev–Trinajstić information content (AvgIpc) is 3.23. The van der Waals surface area contributed by atoms with E-state index in [2.05, 4.69) is 55.1 Å². The molecule has 1 aliphatic rings. The van der Waals surface area contributed by atoms with Gasteiger partial charge in [-0.3, -0.25) is 0 Å². The van der Waals surface area contributed by atoms with Crippen LogP contribution in [0.25, 0.3) is 83.5 Å². The zero-order valence-electron chi connectivity index (χ0n) is 30.2. The van der Waals surface area contributed by atoms with Crippen molar-refractivity contribution in [3.63, 3.8) is 0 Å². The van der Waals surface area contributed by atoms with Crippen LogP contribution in [-0.4, -0.2) is 15.0 Å². The first-order chi connectivity index (χ1) is 26.8. The Hall–Kier alpha value is -7.23. The second-order valence-electron chi connectivity index (χ2n) is 14.0. The van der Waals surface area contributed by atoms with E-state index >= 15 is 0 Å². The average molecular weight is 713 g/mol. The van der Waals surface area contributed by atoms with Gasteiger partial charge in [0.15, 0.2) is 23.2 Å². The highest BCUT2D eigenvalue weighted by atomic mass is 19.1.